The van der Waals surface area contributed by atoms with E-state index in [0.29, 0.717) is 0 Å². The molecule has 1 amide bonds. The van der Waals surface area contributed by atoms with Crippen LogP contribution in [0.3, 0.4) is 0 Å². The van der Waals surface area contributed by atoms with E-state index >= 15 is 0 Å². The summed E-state index contributed by atoms with van der Waals surface area (Å²) >= 11 is 6.41. The number of nitrogens with zero attached hydrogens (tertiary/aromatic N) is 2. The number of amides is 1. The monoisotopic (exact) mass is 380 g/mol. The molecule has 2 aliphatic heterocycles. The molecule has 0 radical (unpaired) electrons. The molecule has 4 rings (SSSR count). The molecule has 1 aromatic heterocycles. The Hall–Kier alpha value is -1.49. The first-order valence-corrected chi connectivity index (χ1v) is 8.89. The zero-order chi connectivity index (χ0) is 16.7. The lowest BCUT2D eigenvalue weighted by atomic mass is 10.0. The number of halogens is 2. The average molecular weight is 381 g/mol. The van der Waals surface area contributed by atoms with Crippen LogP contribution in [0.2, 0.25) is 5.02 Å². The van der Waals surface area contributed by atoms with Crippen molar-refractivity contribution in [2.45, 2.75) is 25.8 Å². The topological polar surface area (TPSA) is 36.7 Å². The van der Waals surface area contributed by atoms with Gasteiger partial charge < -0.3 is 14.2 Å². The van der Waals surface area contributed by atoms with Crippen molar-refractivity contribution in [1.29, 1.82) is 0 Å². The minimum Gasteiger partial charge on any atom is -0.456 e. The molecule has 0 N–H and O–H groups in total. The fraction of sp³-hybridized carbons (Fsp3) is 0.421. The second kappa shape index (κ2) is 7.40. The highest BCUT2D eigenvalue weighted by Crippen LogP contribution is 2.36. The third kappa shape index (κ3) is 3.43. The van der Waals surface area contributed by atoms with Gasteiger partial charge in [0.2, 0.25) is 5.91 Å². The maximum atomic E-state index is 12.3. The van der Waals surface area contributed by atoms with Crippen LogP contribution in [0, 0.1) is 0 Å². The third-order valence-electron chi connectivity index (χ3n) is 5.00. The number of carbonyl (C=O) groups excluding carboxylic acids is 1. The second-order valence-corrected chi connectivity index (χ2v) is 7.10. The van der Waals surface area contributed by atoms with E-state index in [-0.39, 0.29) is 18.3 Å². The van der Waals surface area contributed by atoms with E-state index in [2.05, 4.69) is 11.9 Å². The molecule has 2 aliphatic rings. The number of furan rings is 1. The van der Waals surface area contributed by atoms with Crippen LogP contribution in [0.15, 0.2) is 22.6 Å². The number of likely N-dealkylation sites (N-methyl/N-ethyl adjacent to an activating group) is 1. The zero-order valence-corrected chi connectivity index (χ0v) is 15.8. The van der Waals surface area contributed by atoms with Crippen molar-refractivity contribution in [2.75, 3.05) is 26.7 Å². The largest absolute Gasteiger partial charge is 0.456 e. The fourth-order valence-corrected chi connectivity index (χ4v) is 3.95. The first-order chi connectivity index (χ1) is 11.6. The summed E-state index contributed by atoms with van der Waals surface area (Å²) in [6.07, 6.45) is 6.58. The number of hydrogen-bond donors (Lipinski definition) is 0. The van der Waals surface area contributed by atoms with Crippen LogP contribution in [-0.4, -0.2) is 42.4 Å². The van der Waals surface area contributed by atoms with Crippen LogP contribution in [0.25, 0.3) is 17.0 Å². The van der Waals surface area contributed by atoms with Crippen molar-refractivity contribution < 1.29 is 9.21 Å². The van der Waals surface area contributed by atoms with Gasteiger partial charge in [-0.25, -0.2) is 0 Å². The Morgan fingerprint density at radius 2 is 1.96 bits per heavy atom. The molecular formula is C19H22Cl2N2O2. The molecule has 0 unspecified atom stereocenters. The average Bonchev–Trinajstić information content (AvgIpc) is 3.17. The van der Waals surface area contributed by atoms with Crippen molar-refractivity contribution in [3.8, 4) is 0 Å². The van der Waals surface area contributed by atoms with E-state index in [0.717, 1.165) is 78.3 Å². The quantitative estimate of drug-likeness (QED) is 0.734. The standard InChI is InChI=1S/C19H21ClN2O2.ClH/c1-21-11-8-13-15(20)4-5-17-19(13)14(12-21)16(24-17)6-7-18(23)22-9-2-3-10-22;/h4-7H,2-3,8-12H2,1H3;1H/b7-6+;. The summed E-state index contributed by atoms with van der Waals surface area (Å²) in [6.45, 7) is 3.48. The number of rotatable bonds is 2. The van der Waals surface area contributed by atoms with Gasteiger partial charge in [0.1, 0.15) is 11.3 Å². The molecule has 134 valence electrons. The summed E-state index contributed by atoms with van der Waals surface area (Å²) in [4.78, 5) is 16.4. The highest BCUT2D eigenvalue weighted by atomic mass is 35.5. The molecule has 0 atom stereocenters. The van der Waals surface area contributed by atoms with Crippen LogP contribution in [0.1, 0.15) is 29.7 Å². The molecule has 0 aliphatic carbocycles. The number of benzene rings is 1. The molecule has 0 spiro atoms. The van der Waals surface area contributed by atoms with Gasteiger partial charge in [0.15, 0.2) is 0 Å². The van der Waals surface area contributed by atoms with E-state index in [9.17, 15) is 4.79 Å². The van der Waals surface area contributed by atoms with Crippen molar-refractivity contribution in [3.63, 3.8) is 0 Å². The van der Waals surface area contributed by atoms with Gasteiger partial charge >= 0.3 is 0 Å². The number of likely N-dealkylation sites (tertiary alicyclic amines) is 1. The van der Waals surface area contributed by atoms with Crippen LogP contribution in [0.5, 0.6) is 0 Å². The summed E-state index contributed by atoms with van der Waals surface area (Å²) in [6, 6.07) is 3.83. The molecule has 4 nitrogen and oxygen atoms in total. The Labute approximate surface area is 158 Å². The molecular weight excluding hydrogens is 359 g/mol. The molecule has 1 saturated heterocycles. The van der Waals surface area contributed by atoms with Crippen LogP contribution >= 0.6 is 24.0 Å². The minimum absolute atomic E-state index is 0. The van der Waals surface area contributed by atoms with Crippen molar-refractivity contribution in [1.82, 2.24) is 9.80 Å². The third-order valence-corrected chi connectivity index (χ3v) is 5.36. The van der Waals surface area contributed by atoms with Crippen molar-refractivity contribution >= 4 is 47.0 Å². The highest BCUT2D eigenvalue weighted by Gasteiger charge is 2.23. The second-order valence-electron chi connectivity index (χ2n) is 6.70. The van der Waals surface area contributed by atoms with E-state index < -0.39 is 0 Å². The summed E-state index contributed by atoms with van der Waals surface area (Å²) in [5, 5.41) is 1.92. The molecule has 2 aromatic rings. The van der Waals surface area contributed by atoms with Gasteiger partial charge in [-0.2, -0.15) is 0 Å². The Morgan fingerprint density at radius 1 is 1.20 bits per heavy atom. The van der Waals surface area contributed by atoms with Crippen LogP contribution < -0.4 is 0 Å². The fourth-order valence-electron chi connectivity index (χ4n) is 3.70. The summed E-state index contributed by atoms with van der Waals surface area (Å²) in [5.41, 5.74) is 3.14. The lowest BCUT2D eigenvalue weighted by Gasteiger charge is -2.13. The summed E-state index contributed by atoms with van der Waals surface area (Å²) < 4.78 is 6.04. The van der Waals surface area contributed by atoms with Crippen molar-refractivity contribution in [2.24, 2.45) is 0 Å². The molecule has 6 heteroatoms. The molecule has 1 aromatic carbocycles. The van der Waals surface area contributed by atoms with Gasteiger partial charge in [0.05, 0.1) is 0 Å². The molecule has 0 saturated carbocycles. The molecule has 0 bridgehead atoms. The van der Waals surface area contributed by atoms with Crippen molar-refractivity contribution in [3.05, 3.63) is 40.1 Å². The van der Waals surface area contributed by atoms with Gasteiger partial charge in [0.25, 0.3) is 0 Å². The van der Waals surface area contributed by atoms with Crippen LogP contribution in [0.4, 0.5) is 0 Å². The van der Waals surface area contributed by atoms with Gasteiger partial charge in [-0.05, 0) is 50.1 Å². The van der Waals surface area contributed by atoms with Gasteiger partial charge in [-0.15, -0.1) is 12.4 Å². The van der Waals surface area contributed by atoms with E-state index in [1.54, 1.807) is 6.08 Å². The summed E-state index contributed by atoms with van der Waals surface area (Å²) in [7, 11) is 2.10. The van der Waals surface area contributed by atoms with Gasteiger partial charge in [-0.3, -0.25) is 4.79 Å². The van der Waals surface area contributed by atoms with Gasteiger partial charge in [0, 0.05) is 48.2 Å². The normalized spacial score (nSPS) is 17.9. The predicted octanol–water partition coefficient (Wildman–Crippen LogP) is 4.13. The van der Waals surface area contributed by atoms with E-state index in [1.165, 1.54) is 0 Å². The lowest BCUT2D eigenvalue weighted by Crippen LogP contribution is -2.25. The first-order valence-electron chi connectivity index (χ1n) is 8.52. The molecule has 3 heterocycles. The van der Waals surface area contributed by atoms with Gasteiger partial charge in [-0.1, -0.05) is 11.6 Å². The van der Waals surface area contributed by atoms with E-state index in [1.807, 2.05) is 23.1 Å². The number of hydrogen-bond acceptors (Lipinski definition) is 3. The minimum atomic E-state index is 0. The highest BCUT2D eigenvalue weighted by molar-refractivity contribution is 6.32. The first kappa shape index (κ1) is 18.3. The van der Waals surface area contributed by atoms with Crippen LogP contribution in [-0.2, 0) is 17.8 Å². The molecule has 1 fully saturated rings. The summed E-state index contributed by atoms with van der Waals surface area (Å²) in [5.74, 6) is 0.843. The lowest BCUT2D eigenvalue weighted by molar-refractivity contribution is -0.124. The Bertz CT molecular complexity index is 822. The Kier molecular flexibility index (Phi) is 5.42. The zero-order valence-electron chi connectivity index (χ0n) is 14.3. The maximum Gasteiger partial charge on any atom is 0.246 e. The smallest absolute Gasteiger partial charge is 0.246 e. The SMILES string of the molecule is CN1CCc2c(Cl)ccc3oc(/C=C/C(=O)N4CCCC4)c(c23)C1.Cl. The Morgan fingerprint density at radius 3 is 2.72 bits per heavy atom. The Balaban J connectivity index is 0.00000182. The maximum absolute atomic E-state index is 12.3. The van der Waals surface area contributed by atoms with E-state index in [4.69, 9.17) is 16.0 Å². The predicted molar refractivity (Wildman–Crippen MR) is 103 cm³/mol. The molecule has 25 heavy (non-hydrogen) atoms. The number of carbonyl (C=O) groups is 1.